The predicted molar refractivity (Wildman–Crippen MR) is 143 cm³/mol. The van der Waals surface area contributed by atoms with Crippen LogP contribution in [0.4, 0.5) is 16.2 Å². The maximum atomic E-state index is 13.9. The molecule has 186 valence electrons. The Labute approximate surface area is 211 Å². The van der Waals surface area contributed by atoms with Gasteiger partial charge in [0, 0.05) is 16.8 Å². The third-order valence-corrected chi connectivity index (χ3v) is 6.15. The highest BCUT2D eigenvalue weighted by Gasteiger charge is 2.36. The number of anilines is 2. The van der Waals surface area contributed by atoms with E-state index in [2.05, 4.69) is 10.6 Å². The second-order valence-electron chi connectivity index (χ2n) is 10.1. The van der Waals surface area contributed by atoms with E-state index >= 15 is 0 Å². The molecule has 7 heteroatoms. The van der Waals surface area contributed by atoms with Gasteiger partial charge in [-0.25, -0.2) is 9.79 Å². The summed E-state index contributed by atoms with van der Waals surface area (Å²) >= 11 is 0. The predicted octanol–water partition coefficient (Wildman–Crippen LogP) is 4.73. The van der Waals surface area contributed by atoms with Gasteiger partial charge in [0.2, 0.25) is 6.17 Å². The normalized spacial score (nSPS) is 16.5. The fourth-order valence-electron chi connectivity index (χ4n) is 4.00. The van der Waals surface area contributed by atoms with Crippen LogP contribution in [0.3, 0.4) is 0 Å². The lowest BCUT2D eigenvalue weighted by Gasteiger charge is -2.33. The van der Waals surface area contributed by atoms with Crippen LogP contribution in [0.1, 0.15) is 37.5 Å². The summed E-state index contributed by atoms with van der Waals surface area (Å²) in [4.78, 5) is 33.1. The highest BCUT2D eigenvalue weighted by molar-refractivity contribution is 6.20. The van der Waals surface area contributed by atoms with Crippen LogP contribution < -0.4 is 15.5 Å². The number of aliphatic imine (C=N–C) groups is 1. The number of aryl methyl sites for hydroxylation is 1. The molecule has 3 aromatic carbocycles. The number of benzene rings is 3. The minimum Gasteiger partial charge on any atom is -0.391 e. The first-order chi connectivity index (χ1) is 17.1. The molecular weight excluding hydrogens is 452 g/mol. The number of aliphatic hydroxyl groups excluding tert-OH is 1. The van der Waals surface area contributed by atoms with Gasteiger partial charge in [-0.1, -0.05) is 81.4 Å². The lowest BCUT2D eigenvalue weighted by Crippen LogP contribution is -2.51. The van der Waals surface area contributed by atoms with Gasteiger partial charge >= 0.3 is 6.03 Å². The Morgan fingerprint density at radius 3 is 2.42 bits per heavy atom. The van der Waals surface area contributed by atoms with Crippen molar-refractivity contribution in [2.24, 2.45) is 10.4 Å². The molecule has 3 N–H and O–H groups in total. The Bertz CT molecular complexity index is 1280. The molecule has 0 spiro atoms. The van der Waals surface area contributed by atoms with E-state index in [1.54, 1.807) is 6.07 Å². The van der Waals surface area contributed by atoms with Gasteiger partial charge < -0.3 is 20.6 Å². The summed E-state index contributed by atoms with van der Waals surface area (Å²) in [5, 5.41) is 16.4. The van der Waals surface area contributed by atoms with Crippen molar-refractivity contribution in [3.05, 3.63) is 95.6 Å². The number of nitrogens with zero attached hydrogens (tertiary/aromatic N) is 2. The smallest absolute Gasteiger partial charge is 0.321 e. The molecule has 0 aromatic heterocycles. The van der Waals surface area contributed by atoms with E-state index in [0.29, 0.717) is 17.1 Å². The molecule has 0 radical (unpaired) electrons. The summed E-state index contributed by atoms with van der Waals surface area (Å²) in [6.45, 7) is 7.76. The number of carbonyl (C=O) groups excluding carboxylic acids is 2. The molecule has 0 unspecified atom stereocenters. The number of carbonyl (C=O) groups is 2. The van der Waals surface area contributed by atoms with Crippen LogP contribution in [-0.4, -0.2) is 41.6 Å². The fraction of sp³-hybridized carbons (Fsp3) is 0.276. The van der Waals surface area contributed by atoms with E-state index in [1.165, 1.54) is 4.90 Å². The first-order valence-corrected chi connectivity index (χ1v) is 12.0. The van der Waals surface area contributed by atoms with Gasteiger partial charge in [0.05, 0.1) is 24.0 Å². The molecule has 0 saturated heterocycles. The molecule has 3 amide bonds. The number of fused-ring (bicyclic) bond motifs is 1. The van der Waals surface area contributed by atoms with Crippen molar-refractivity contribution in [1.82, 2.24) is 5.32 Å². The van der Waals surface area contributed by atoms with Crippen molar-refractivity contribution < 1.29 is 14.7 Å². The van der Waals surface area contributed by atoms with Crippen molar-refractivity contribution in [2.45, 2.75) is 40.0 Å². The number of para-hydroxylation sites is 1. The van der Waals surface area contributed by atoms with E-state index in [-0.39, 0.29) is 6.54 Å². The molecule has 0 aliphatic carbocycles. The molecule has 1 aliphatic heterocycles. The SMILES string of the molecule is Cc1cccc(NC(=O)N[C@@H]2N=C(c3ccccc3)c3ccccc3N(C[C@@H](O)C(C)(C)C)C2=O)c1. The summed E-state index contributed by atoms with van der Waals surface area (Å²) in [5.74, 6) is -0.420. The molecule has 1 heterocycles. The first kappa shape index (κ1) is 25.1. The van der Waals surface area contributed by atoms with Crippen LogP contribution in [0.2, 0.25) is 0 Å². The zero-order chi connectivity index (χ0) is 25.9. The minimum absolute atomic E-state index is 0.0641. The third kappa shape index (κ3) is 5.63. The van der Waals surface area contributed by atoms with Gasteiger partial charge in [-0.15, -0.1) is 0 Å². The number of rotatable bonds is 5. The van der Waals surface area contributed by atoms with E-state index in [4.69, 9.17) is 4.99 Å². The second kappa shape index (κ2) is 10.3. The van der Waals surface area contributed by atoms with E-state index in [0.717, 1.165) is 16.7 Å². The summed E-state index contributed by atoms with van der Waals surface area (Å²) in [7, 11) is 0. The monoisotopic (exact) mass is 484 g/mol. The molecule has 7 nitrogen and oxygen atoms in total. The standard InChI is InChI=1S/C29H32N4O3/c1-19-11-10-14-21(17-19)30-28(36)32-26-27(35)33(18-24(34)29(2,3)4)23-16-9-8-15-22(23)25(31-26)20-12-6-5-7-13-20/h5-17,24,26,34H,18H2,1-4H3,(H2,30,32,36)/t24-,26+/m1/s1. The minimum atomic E-state index is -1.19. The molecular formula is C29H32N4O3. The number of aliphatic hydroxyl groups is 1. The number of amides is 3. The Morgan fingerprint density at radius 1 is 1.03 bits per heavy atom. The maximum absolute atomic E-state index is 13.9. The van der Waals surface area contributed by atoms with E-state index < -0.39 is 29.6 Å². The number of nitrogens with one attached hydrogen (secondary N) is 2. The van der Waals surface area contributed by atoms with Crippen LogP contribution >= 0.6 is 0 Å². The maximum Gasteiger partial charge on any atom is 0.321 e. The van der Waals surface area contributed by atoms with Gasteiger partial charge in [0.1, 0.15) is 0 Å². The van der Waals surface area contributed by atoms with Crippen LogP contribution in [0.5, 0.6) is 0 Å². The molecule has 36 heavy (non-hydrogen) atoms. The summed E-state index contributed by atoms with van der Waals surface area (Å²) < 4.78 is 0. The molecule has 3 aromatic rings. The van der Waals surface area contributed by atoms with Crippen LogP contribution in [-0.2, 0) is 4.79 Å². The number of β-amino-alcohol motifs (C(OH)–C–C–N with tert-alkyl or cyclic N) is 1. The lowest BCUT2D eigenvalue weighted by atomic mass is 9.88. The number of hydrogen-bond donors (Lipinski definition) is 3. The van der Waals surface area contributed by atoms with E-state index in [1.807, 2.05) is 100 Å². The fourth-order valence-corrected chi connectivity index (χ4v) is 4.00. The summed E-state index contributed by atoms with van der Waals surface area (Å²) in [6.07, 6.45) is -1.99. The largest absolute Gasteiger partial charge is 0.391 e. The Hall–Kier alpha value is -3.97. The number of hydrogen-bond acceptors (Lipinski definition) is 4. The van der Waals surface area contributed by atoms with Crippen LogP contribution in [0.25, 0.3) is 0 Å². The second-order valence-corrected chi connectivity index (χ2v) is 10.1. The first-order valence-electron chi connectivity index (χ1n) is 12.0. The van der Waals surface area contributed by atoms with Gasteiger partial charge in [0.15, 0.2) is 0 Å². The molecule has 2 atom stereocenters. The molecule has 0 saturated carbocycles. The Morgan fingerprint density at radius 2 is 1.72 bits per heavy atom. The molecule has 4 rings (SSSR count). The Kier molecular flexibility index (Phi) is 7.22. The quantitative estimate of drug-likeness (QED) is 0.489. The van der Waals surface area contributed by atoms with Crippen molar-refractivity contribution >= 4 is 29.0 Å². The van der Waals surface area contributed by atoms with Crippen molar-refractivity contribution in [3.8, 4) is 0 Å². The van der Waals surface area contributed by atoms with E-state index in [9.17, 15) is 14.7 Å². The molecule has 0 fully saturated rings. The van der Waals surface area contributed by atoms with Gasteiger partial charge in [0.25, 0.3) is 5.91 Å². The third-order valence-electron chi connectivity index (χ3n) is 6.15. The zero-order valence-electron chi connectivity index (χ0n) is 21.0. The van der Waals surface area contributed by atoms with Crippen molar-refractivity contribution in [1.29, 1.82) is 0 Å². The van der Waals surface area contributed by atoms with Gasteiger partial charge in [-0.05, 0) is 36.1 Å². The number of urea groups is 1. The van der Waals surface area contributed by atoms with Gasteiger partial charge in [-0.3, -0.25) is 4.79 Å². The van der Waals surface area contributed by atoms with Crippen molar-refractivity contribution in [3.63, 3.8) is 0 Å². The summed E-state index contributed by atoms with van der Waals surface area (Å²) in [6, 6.07) is 23.9. The lowest BCUT2D eigenvalue weighted by molar-refractivity contribution is -0.120. The number of benzodiazepines with no additional fused rings is 1. The molecule has 1 aliphatic rings. The average Bonchev–Trinajstić information content (AvgIpc) is 2.94. The highest BCUT2D eigenvalue weighted by atomic mass is 16.3. The zero-order valence-corrected chi connectivity index (χ0v) is 21.0. The highest BCUT2D eigenvalue weighted by Crippen LogP contribution is 2.30. The summed E-state index contributed by atoms with van der Waals surface area (Å²) in [5.41, 5.74) is 3.97. The Balaban J connectivity index is 1.75. The van der Waals surface area contributed by atoms with Crippen LogP contribution in [0.15, 0.2) is 83.9 Å². The topological polar surface area (TPSA) is 94.0 Å². The average molecular weight is 485 g/mol. The molecule has 0 bridgehead atoms. The van der Waals surface area contributed by atoms with Gasteiger partial charge in [-0.2, -0.15) is 0 Å². The van der Waals surface area contributed by atoms with Crippen LogP contribution in [0, 0.1) is 12.3 Å². The van der Waals surface area contributed by atoms with Crippen molar-refractivity contribution in [2.75, 3.05) is 16.8 Å².